The largest absolute Gasteiger partial charge is 0.378 e. The topological polar surface area (TPSA) is 72.9 Å². The van der Waals surface area contributed by atoms with Gasteiger partial charge in [0.1, 0.15) is 4.47 Å². The molecule has 0 radical (unpaired) electrons. The van der Waals surface area contributed by atoms with Crippen LogP contribution in [-0.4, -0.2) is 21.9 Å². The SMILES string of the molecule is CC(C)Cn1ncc(NC2CCCC2N)c(Br)c1=O. The number of hydrogen-bond donors (Lipinski definition) is 2. The summed E-state index contributed by atoms with van der Waals surface area (Å²) in [6, 6.07) is 0.392. The molecule has 0 saturated heterocycles. The minimum Gasteiger partial charge on any atom is -0.378 e. The molecular weight excluding hydrogens is 308 g/mol. The number of nitrogens with two attached hydrogens (primary N) is 1. The number of halogens is 1. The van der Waals surface area contributed by atoms with Gasteiger partial charge in [-0.3, -0.25) is 4.79 Å². The highest BCUT2D eigenvalue weighted by Crippen LogP contribution is 2.24. The van der Waals surface area contributed by atoms with Crippen molar-refractivity contribution >= 4 is 21.6 Å². The van der Waals surface area contributed by atoms with E-state index in [0.717, 1.165) is 24.9 Å². The van der Waals surface area contributed by atoms with Gasteiger partial charge in [0.25, 0.3) is 5.56 Å². The van der Waals surface area contributed by atoms with Crippen molar-refractivity contribution in [2.45, 2.75) is 51.7 Å². The zero-order valence-corrected chi connectivity index (χ0v) is 13.0. The fourth-order valence-corrected chi connectivity index (χ4v) is 2.83. The Bertz CT molecular complexity index is 500. The molecule has 2 rings (SSSR count). The smallest absolute Gasteiger partial charge is 0.283 e. The Morgan fingerprint density at radius 3 is 2.89 bits per heavy atom. The highest BCUT2D eigenvalue weighted by Gasteiger charge is 2.24. The van der Waals surface area contributed by atoms with Crippen LogP contribution in [0.25, 0.3) is 0 Å². The van der Waals surface area contributed by atoms with E-state index < -0.39 is 0 Å². The van der Waals surface area contributed by atoms with Crippen molar-refractivity contribution in [3.63, 3.8) is 0 Å². The van der Waals surface area contributed by atoms with Crippen molar-refractivity contribution < 1.29 is 0 Å². The van der Waals surface area contributed by atoms with Gasteiger partial charge in [-0.1, -0.05) is 13.8 Å². The first-order chi connectivity index (χ1) is 8.99. The summed E-state index contributed by atoms with van der Waals surface area (Å²) in [6.07, 6.45) is 4.92. The molecule has 0 spiro atoms. The van der Waals surface area contributed by atoms with Crippen molar-refractivity contribution in [1.29, 1.82) is 0 Å². The summed E-state index contributed by atoms with van der Waals surface area (Å²) in [4.78, 5) is 12.2. The molecule has 0 amide bonds. The summed E-state index contributed by atoms with van der Waals surface area (Å²) in [7, 11) is 0. The maximum Gasteiger partial charge on any atom is 0.283 e. The maximum atomic E-state index is 12.2. The van der Waals surface area contributed by atoms with Crippen molar-refractivity contribution in [3.05, 3.63) is 21.0 Å². The Hall–Kier alpha value is -0.880. The third-order valence-electron chi connectivity index (χ3n) is 3.43. The van der Waals surface area contributed by atoms with Gasteiger partial charge in [-0.05, 0) is 41.1 Å². The molecule has 2 unspecified atom stereocenters. The lowest BCUT2D eigenvalue weighted by Crippen LogP contribution is -2.36. The van der Waals surface area contributed by atoms with E-state index >= 15 is 0 Å². The number of rotatable bonds is 4. The molecule has 0 aliphatic heterocycles. The Balaban J connectivity index is 2.18. The van der Waals surface area contributed by atoms with Crippen LogP contribution in [0.15, 0.2) is 15.5 Å². The minimum atomic E-state index is -0.0923. The van der Waals surface area contributed by atoms with Crippen molar-refractivity contribution in [1.82, 2.24) is 9.78 Å². The summed E-state index contributed by atoms with van der Waals surface area (Å²) in [5.41, 5.74) is 6.68. The van der Waals surface area contributed by atoms with E-state index in [1.165, 1.54) is 4.68 Å². The molecule has 6 heteroatoms. The molecule has 0 aromatic carbocycles. The lowest BCUT2D eigenvalue weighted by atomic mass is 10.2. The minimum absolute atomic E-state index is 0.0923. The first-order valence-electron chi connectivity index (χ1n) is 6.76. The van der Waals surface area contributed by atoms with E-state index in [-0.39, 0.29) is 17.6 Å². The quantitative estimate of drug-likeness (QED) is 0.886. The first-order valence-corrected chi connectivity index (χ1v) is 7.56. The molecule has 1 fully saturated rings. The zero-order chi connectivity index (χ0) is 14.0. The maximum absolute atomic E-state index is 12.2. The van der Waals surface area contributed by atoms with Gasteiger partial charge in [0.15, 0.2) is 0 Å². The Morgan fingerprint density at radius 1 is 1.58 bits per heavy atom. The van der Waals surface area contributed by atoms with Gasteiger partial charge in [0.05, 0.1) is 11.9 Å². The summed E-state index contributed by atoms with van der Waals surface area (Å²) in [6.45, 7) is 4.75. The second-order valence-electron chi connectivity index (χ2n) is 5.60. The average molecular weight is 329 g/mol. The van der Waals surface area contributed by atoms with Crippen LogP contribution in [0, 0.1) is 5.92 Å². The summed E-state index contributed by atoms with van der Waals surface area (Å²) in [5, 5.41) is 7.55. The number of anilines is 1. The van der Waals surface area contributed by atoms with Crippen LogP contribution >= 0.6 is 15.9 Å². The molecule has 106 valence electrons. The third kappa shape index (κ3) is 3.36. The molecule has 2 atom stereocenters. The molecule has 1 heterocycles. The molecule has 3 N–H and O–H groups in total. The Labute approximate surface area is 121 Å². The van der Waals surface area contributed by atoms with Crippen molar-refractivity contribution in [2.75, 3.05) is 5.32 Å². The molecule has 19 heavy (non-hydrogen) atoms. The van der Waals surface area contributed by atoms with Crippen LogP contribution in [0.3, 0.4) is 0 Å². The van der Waals surface area contributed by atoms with E-state index in [9.17, 15) is 4.79 Å². The third-order valence-corrected chi connectivity index (χ3v) is 4.20. The molecule has 1 aliphatic carbocycles. The fourth-order valence-electron chi connectivity index (χ4n) is 2.41. The molecule has 0 bridgehead atoms. The second-order valence-corrected chi connectivity index (χ2v) is 6.39. The highest BCUT2D eigenvalue weighted by atomic mass is 79.9. The Morgan fingerprint density at radius 2 is 2.32 bits per heavy atom. The van der Waals surface area contributed by atoms with Gasteiger partial charge in [0.2, 0.25) is 0 Å². The summed E-state index contributed by atoms with van der Waals surface area (Å²) < 4.78 is 2.04. The first kappa shape index (κ1) is 14.5. The molecule has 1 aromatic heterocycles. The van der Waals surface area contributed by atoms with Gasteiger partial charge < -0.3 is 11.1 Å². The fraction of sp³-hybridized carbons (Fsp3) is 0.692. The van der Waals surface area contributed by atoms with Crippen molar-refractivity contribution in [3.8, 4) is 0 Å². The predicted molar refractivity (Wildman–Crippen MR) is 80.3 cm³/mol. The van der Waals surface area contributed by atoms with Gasteiger partial charge >= 0.3 is 0 Å². The van der Waals surface area contributed by atoms with E-state index in [0.29, 0.717) is 16.9 Å². The number of hydrogen-bond acceptors (Lipinski definition) is 4. The van der Waals surface area contributed by atoms with E-state index in [1.807, 2.05) is 0 Å². The molecular formula is C13H21BrN4O. The van der Waals surface area contributed by atoms with E-state index in [4.69, 9.17) is 5.73 Å². The van der Waals surface area contributed by atoms with Crippen molar-refractivity contribution in [2.24, 2.45) is 11.7 Å². The zero-order valence-electron chi connectivity index (χ0n) is 11.4. The van der Waals surface area contributed by atoms with Crippen LogP contribution in [0.1, 0.15) is 33.1 Å². The molecule has 1 aliphatic rings. The Kier molecular flexibility index (Phi) is 4.62. The summed E-state index contributed by atoms with van der Waals surface area (Å²) >= 11 is 3.37. The van der Waals surface area contributed by atoms with E-state index in [1.54, 1.807) is 6.20 Å². The normalized spacial score (nSPS) is 23.0. The van der Waals surface area contributed by atoms with Crippen LogP contribution in [0.2, 0.25) is 0 Å². The predicted octanol–water partition coefficient (Wildman–Crippen LogP) is 1.95. The van der Waals surface area contributed by atoms with Crippen LogP contribution < -0.4 is 16.6 Å². The van der Waals surface area contributed by atoms with Crippen LogP contribution in [0.5, 0.6) is 0 Å². The van der Waals surface area contributed by atoms with Gasteiger partial charge in [-0.2, -0.15) is 5.10 Å². The highest BCUT2D eigenvalue weighted by molar-refractivity contribution is 9.10. The standard InChI is InChI=1S/C13H21BrN4O/c1-8(2)7-18-13(19)12(14)11(6-16-18)17-10-5-3-4-9(10)15/h6,8-10,17H,3-5,7,15H2,1-2H3. The summed E-state index contributed by atoms with van der Waals surface area (Å²) in [5.74, 6) is 0.388. The number of nitrogens with zero attached hydrogens (tertiary/aromatic N) is 2. The molecule has 5 nitrogen and oxygen atoms in total. The lowest BCUT2D eigenvalue weighted by Gasteiger charge is -2.19. The molecule has 1 aromatic rings. The van der Waals surface area contributed by atoms with Gasteiger partial charge in [-0.25, -0.2) is 4.68 Å². The van der Waals surface area contributed by atoms with E-state index in [2.05, 4.69) is 40.2 Å². The van der Waals surface area contributed by atoms with Gasteiger partial charge in [0, 0.05) is 18.6 Å². The van der Waals surface area contributed by atoms with Crippen LogP contribution in [0.4, 0.5) is 5.69 Å². The van der Waals surface area contributed by atoms with Crippen LogP contribution in [-0.2, 0) is 6.54 Å². The number of nitrogens with one attached hydrogen (secondary N) is 1. The second kappa shape index (κ2) is 6.05. The monoisotopic (exact) mass is 328 g/mol. The van der Waals surface area contributed by atoms with Gasteiger partial charge in [-0.15, -0.1) is 0 Å². The molecule has 1 saturated carbocycles. The average Bonchev–Trinajstić information content (AvgIpc) is 2.74. The number of aromatic nitrogens is 2. The lowest BCUT2D eigenvalue weighted by molar-refractivity contribution is 0.462.